The number of carbonyl (C=O) groups is 2. The van der Waals surface area contributed by atoms with Gasteiger partial charge in [-0.25, -0.2) is 19.7 Å². The molecule has 0 spiro atoms. The van der Waals surface area contributed by atoms with Crippen LogP contribution >= 0.6 is 0 Å². The number of imidazole rings is 1. The van der Waals surface area contributed by atoms with Gasteiger partial charge >= 0.3 is 23.2 Å². The van der Waals surface area contributed by atoms with Crippen molar-refractivity contribution in [2.75, 3.05) is 18.5 Å². The average Bonchev–Trinajstić information content (AvgIpc) is 3.89. The van der Waals surface area contributed by atoms with E-state index in [1.165, 1.54) is 6.33 Å². The summed E-state index contributed by atoms with van der Waals surface area (Å²) in [6, 6.07) is 24.6. The summed E-state index contributed by atoms with van der Waals surface area (Å²) in [5, 5.41) is 6.09. The van der Waals surface area contributed by atoms with E-state index in [2.05, 4.69) is 105 Å². The van der Waals surface area contributed by atoms with Crippen LogP contribution in [-0.2, 0) is 22.4 Å². The summed E-state index contributed by atoms with van der Waals surface area (Å²) < 4.78 is 36.9. The first-order valence-corrected chi connectivity index (χ1v) is 24.6. The lowest BCUT2D eigenvalue weighted by atomic mass is 9.98. The molecule has 15 heteroatoms. The lowest BCUT2D eigenvalue weighted by Crippen LogP contribution is -2.66. The van der Waals surface area contributed by atoms with Crippen molar-refractivity contribution in [1.29, 1.82) is 0 Å². The number of fused-ring (bicyclic) bond motifs is 5. The molecule has 4 heterocycles. The molecule has 2 amide bonds. The molecule has 4 atom stereocenters. The summed E-state index contributed by atoms with van der Waals surface area (Å²) in [6.07, 6.45) is 0.240. The zero-order chi connectivity index (χ0) is 41.6. The van der Waals surface area contributed by atoms with Crippen LogP contribution in [0.2, 0.25) is 22.2 Å². The number of amides is 2. The molecule has 0 radical (unpaired) electrons. The zero-order valence-electron chi connectivity index (χ0n) is 34.9. The van der Waals surface area contributed by atoms with Gasteiger partial charge in [-0.3, -0.25) is 9.36 Å². The summed E-state index contributed by atoms with van der Waals surface area (Å²) in [5.74, 6) is -0.207. The molecule has 13 nitrogen and oxygen atoms in total. The van der Waals surface area contributed by atoms with Gasteiger partial charge < -0.3 is 33.1 Å². The van der Waals surface area contributed by atoms with Gasteiger partial charge in [-0.1, -0.05) is 122 Å². The number of rotatable bonds is 10. The molecule has 310 valence electrons. The van der Waals surface area contributed by atoms with Crippen LogP contribution in [0, 0.1) is 0 Å². The molecule has 0 bridgehead atoms. The van der Waals surface area contributed by atoms with Crippen molar-refractivity contribution < 1.29 is 32.0 Å². The van der Waals surface area contributed by atoms with E-state index < -0.39 is 47.7 Å². The number of nitrogens with one attached hydrogen (secondary N) is 2. The van der Waals surface area contributed by atoms with E-state index >= 15 is 0 Å². The minimum absolute atomic E-state index is 0.0426. The van der Waals surface area contributed by atoms with E-state index in [1.807, 2.05) is 30.3 Å². The van der Waals surface area contributed by atoms with E-state index in [0.717, 1.165) is 22.3 Å². The second-order valence-corrected chi connectivity index (χ2v) is 25.8. The first-order valence-electron chi connectivity index (χ1n) is 20.7. The fraction of sp³-hybridized carbons (Fsp3) is 0.432. The van der Waals surface area contributed by atoms with Crippen molar-refractivity contribution >= 4 is 46.1 Å². The normalized spacial score (nSPS) is 22.2. The predicted octanol–water partition coefficient (Wildman–Crippen LogP) is 8.84. The quantitative estimate of drug-likeness (QED) is 0.131. The average molecular weight is 835 g/mol. The maximum absolute atomic E-state index is 14.2. The number of anilines is 1. The molecule has 3 aliphatic rings. The highest BCUT2D eigenvalue weighted by Gasteiger charge is 2.62. The van der Waals surface area contributed by atoms with Crippen LogP contribution in [0.15, 0.2) is 91.5 Å². The Morgan fingerprint density at radius 3 is 2.03 bits per heavy atom. The minimum Gasteiger partial charge on any atom is -0.449 e. The zero-order valence-corrected chi connectivity index (χ0v) is 36.9. The standard InChI is InChI=1S/C44H54N6O7Si2/c1-26(2)58(27(3)4)54-23-36-39(56-59(57-58,28(5)6)29(7)8)37(48-44(52)53-22-35-33-20-14-12-18-31(33)32-19-13-15-21-34(32)35)43(55-36)50-25-47-38-40(45-24-46-41(38)50)49-42(51)30-16-10-9-11-17-30/h9-21,24-29,35-37,39,43H,22-23H2,1-8H3,(H,48,52)(H,45,46,49,51)/t36-,37-,39-,43-/m1/s1. The van der Waals surface area contributed by atoms with Gasteiger partial charge in [0.2, 0.25) is 0 Å². The predicted molar refractivity (Wildman–Crippen MR) is 229 cm³/mol. The van der Waals surface area contributed by atoms with Gasteiger partial charge in [0.15, 0.2) is 23.2 Å². The molecule has 3 aromatic carbocycles. The summed E-state index contributed by atoms with van der Waals surface area (Å²) in [6.45, 7) is 17.7. The largest absolute Gasteiger partial charge is 0.449 e. The number of nitrogens with zero attached hydrogens (tertiary/aromatic N) is 4. The number of hydrogen-bond acceptors (Lipinski definition) is 10. The van der Waals surface area contributed by atoms with Crippen molar-refractivity contribution in [1.82, 2.24) is 24.8 Å². The maximum Gasteiger partial charge on any atom is 0.407 e. The topological polar surface area (TPSA) is 148 Å². The summed E-state index contributed by atoms with van der Waals surface area (Å²) in [4.78, 5) is 41.1. The van der Waals surface area contributed by atoms with Crippen LogP contribution in [0.25, 0.3) is 22.3 Å². The van der Waals surface area contributed by atoms with Gasteiger partial charge in [0.25, 0.3) is 5.91 Å². The number of carbonyl (C=O) groups excluding carboxylic acids is 2. The first-order chi connectivity index (χ1) is 28.3. The van der Waals surface area contributed by atoms with Crippen LogP contribution in [-0.4, -0.2) is 80.1 Å². The summed E-state index contributed by atoms with van der Waals surface area (Å²) in [7, 11) is -6.04. The van der Waals surface area contributed by atoms with Gasteiger partial charge in [0.1, 0.15) is 31.2 Å². The van der Waals surface area contributed by atoms with Gasteiger partial charge in [0, 0.05) is 11.5 Å². The summed E-state index contributed by atoms with van der Waals surface area (Å²) >= 11 is 0. The molecule has 2 aromatic heterocycles. The van der Waals surface area contributed by atoms with Crippen LogP contribution in [0.5, 0.6) is 0 Å². The van der Waals surface area contributed by atoms with Gasteiger partial charge in [-0.05, 0) is 56.6 Å². The Morgan fingerprint density at radius 2 is 1.41 bits per heavy atom. The van der Waals surface area contributed by atoms with E-state index in [1.54, 1.807) is 35.2 Å². The number of ether oxygens (including phenoxy) is 2. The summed E-state index contributed by atoms with van der Waals surface area (Å²) in [5.41, 5.74) is 6.14. The third-order valence-electron chi connectivity index (χ3n) is 12.2. The highest BCUT2D eigenvalue weighted by Crippen LogP contribution is 2.49. The van der Waals surface area contributed by atoms with Gasteiger partial charge in [-0.2, -0.15) is 0 Å². The Kier molecular flexibility index (Phi) is 11.4. The molecule has 5 aromatic rings. The Hall–Kier alpha value is -4.78. The van der Waals surface area contributed by atoms with E-state index in [0.29, 0.717) is 16.7 Å². The van der Waals surface area contributed by atoms with Gasteiger partial charge in [-0.15, -0.1) is 0 Å². The lowest BCUT2D eigenvalue weighted by Gasteiger charge is -2.51. The van der Waals surface area contributed by atoms with Crippen LogP contribution < -0.4 is 10.6 Å². The van der Waals surface area contributed by atoms with Gasteiger partial charge in [0.05, 0.1) is 12.9 Å². The number of aromatic nitrogens is 4. The second-order valence-electron chi connectivity index (χ2n) is 17.0. The van der Waals surface area contributed by atoms with E-state index in [9.17, 15) is 9.59 Å². The SMILES string of the molecule is CC(C)[Si]1(C(C)C)OC[C@H]2O[C@@H](n3cnc4c(NC(=O)c5ccccc5)ncnc43)[C@H](NC(=O)OCC3c4ccccc4-c4ccccc43)[C@@H]2O[Si](C(C)C)(C(C)C)O1. The molecule has 0 unspecified atom stereocenters. The molecular formula is C44H54N6O7Si2. The molecule has 59 heavy (non-hydrogen) atoms. The Labute approximate surface area is 347 Å². The molecule has 2 fully saturated rings. The monoisotopic (exact) mass is 834 g/mol. The molecule has 1 aliphatic carbocycles. The van der Waals surface area contributed by atoms with Crippen molar-refractivity contribution in [2.24, 2.45) is 0 Å². The first kappa shape index (κ1) is 41.0. The third-order valence-corrected chi connectivity index (χ3v) is 22.5. The fourth-order valence-corrected chi connectivity index (χ4v) is 20.4. The number of hydrogen-bond donors (Lipinski definition) is 2. The van der Waals surface area contributed by atoms with E-state index in [4.69, 9.17) is 22.4 Å². The van der Waals surface area contributed by atoms with Crippen LogP contribution in [0.1, 0.15) is 89.0 Å². The smallest absolute Gasteiger partial charge is 0.407 e. The highest BCUT2D eigenvalue weighted by molar-refractivity contribution is 6.84. The van der Waals surface area contributed by atoms with Crippen molar-refractivity contribution in [3.05, 3.63) is 108 Å². The van der Waals surface area contributed by atoms with Crippen LogP contribution in [0.3, 0.4) is 0 Å². The highest BCUT2D eigenvalue weighted by atomic mass is 28.5. The lowest BCUT2D eigenvalue weighted by molar-refractivity contribution is -0.0547. The molecule has 8 rings (SSSR count). The van der Waals surface area contributed by atoms with Crippen molar-refractivity contribution in [3.63, 3.8) is 0 Å². The Balaban J connectivity index is 1.16. The number of benzene rings is 3. The van der Waals surface area contributed by atoms with Crippen molar-refractivity contribution in [3.8, 4) is 11.1 Å². The molecule has 2 saturated heterocycles. The Bertz CT molecular complexity index is 2260. The fourth-order valence-electron chi connectivity index (χ4n) is 9.22. The molecule has 2 N–H and O–H groups in total. The molecule has 0 saturated carbocycles. The van der Waals surface area contributed by atoms with Crippen molar-refractivity contribution in [2.45, 2.75) is 108 Å². The molecular weight excluding hydrogens is 781 g/mol. The molecule has 2 aliphatic heterocycles. The second kappa shape index (κ2) is 16.4. The third kappa shape index (κ3) is 7.31. The number of alkyl carbamates (subject to hydrolysis) is 1. The van der Waals surface area contributed by atoms with Crippen LogP contribution in [0.4, 0.5) is 10.6 Å². The van der Waals surface area contributed by atoms with E-state index in [-0.39, 0.29) is 53.0 Å². The maximum atomic E-state index is 14.2. The minimum atomic E-state index is -3.14. The Morgan fingerprint density at radius 1 is 0.797 bits per heavy atom.